The number of hydrogen-bond acceptors (Lipinski definition) is 5. The van der Waals surface area contributed by atoms with E-state index in [1.807, 2.05) is 35.0 Å². The van der Waals surface area contributed by atoms with E-state index in [0.717, 1.165) is 17.7 Å². The SMILES string of the molecule is COc1ccccc1CCn1ccn2c(=O)cc(-c3ccncn3)nc12. The predicted molar refractivity (Wildman–Crippen MR) is 97.2 cm³/mol. The Morgan fingerprint density at radius 2 is 2.00 bits per heavy atom. The van der Waals surface area contributed by atoms with Crippen molar-refractivity contribution in [3.05, 3.63) is 77.2 Å². The maximum Gasteiger partial charge on any atom is 0.259 e. The molecular weight excluding hydrogens is 330 g/mol. The lowest BCUT2D eigenvalue weighted by Gasteiger charge is -2.09. The van der Waals surface area contributed by atoms with Gasteiger partial charge in [-0.05, 0) is 24.1 Å². The fraction of sp³-hybridized carbons (Fsp3) is 0.158. The van der Waals surface area contributed by atoms with E-state index in [1.54, 1.807) is 25.6 Å². The molecule has 0 aliphatic carbocycles. The summed E-state index contributed by atoms with van der Waals surface area (Å²) in [5, 5.41) is 0. The number of aryl methyl sites for hydroxylation is 2. The number of para-hydroxylation sites is 1. The first kappa shape index (κ1) is 16.0. The molecule has 0 unspecified atom stereocenters. The molecule has 0 saturated heterocycles. The van der Waals surface area contributed by atoms with Gasteiger partial charge in [0.1, 0.15) is 12.1 Å². The number of ether oxygens (including phenoxy) is 1. The van der Waals surface area contributed by atoms with Crippen LogP contribution in [0.3, 0.4) is 0 Å². The number of imidazole rings is 1. The maximum absolute atomic E-state index is 12.4. The van der Waals surface area contributed by atoms with E-state index in [0.29, 0.717) is 23.7 Å². The average Bonchev–Trinajstić information content (AvgIpc) is 3.11. The summed E-state index contributed by atoms with van der Waals surface area (Å²) in [7, 11) is 1.67. The van der Waals surface area contributed by atoms with Crippen LogP contribution in [0.1, 0.15) is 5.56 Å². The fourth-order valence-corrected chi connectivity index (χ4v) is 2.93. The van der Waals surface area contributed by atoms with Crippen molar-refractivity contribution in [2.45, 2.75) is 13.0 Å². The standard InChI is InChI=1S/C19H17N5O2/c1-26-17-5-3-2-4-14(17)7-9-23-10-11-24-18(25)12-16(22-19(23)24)15-6-8-20-13-21-15/h2-6,8,10-13H,7,9H2,1H3. The topological polar surface area (TPSA) is 74.3 Å². The lowest BCUT2D eigenvalue weighted by atomic mass is 10.1. The zero-order chi connectivity index (χ0) is 17.9. The molecule has 7 heteroatoms. The van der Waals surface area contributed by atoms with Crippen LogP contribution in [-0.2, 0) is 13.0 Å². The molecule has 3 heterocycles. The molecule has 7 nitrogen and oxygen atoms in total. The highest BCUT2D eigenvalue weighted by Crippen LogP contribution is 2.19. The molecule has 1 aromatic carbocycles. The summed E-state index contributed by atoms with van der Waals surface area (Å²) in [6.07, 6.45) is 7.44. The highest BCUT2D eigenvalue weighted by molar-refractivity contribution is 5.55. The van der Waals surface area contributed by atoms with Gasteiger partial charge in [-0.1, -0.05) is 18.2 Å². The molecule has 0 saturated carbocycles. The van der Waals surface area contributed by atoms with Crippen molar-refractivity contribution in [2.24, 2.45) is 0 Å². The molecule has 130 valence electrons. The summed E-state index contributed by atoms with van der Waals surface area (Å²) >= 11 is 0. The molecule has 26 heavy (non-hydrogen) atoms. The van der Waals surface area contributed by atoms with Crippen molar-refractivity contribution in [1.82, 2.24) is 23.9 Å². The van der Waals surface area contributed by atoms with Crippen LogP contribution in [0.25, 0.3) is 17.2 Å². The van der Waals surface area contributed by atoms with Gasteiger partial charge in [-0.3, -0.25) is 9.20 Å². The van der Waals surface area contributed by atoms with Gasteiger partial charge in [-0.25, -0.2) is 15.0 Å². The van der Waals surface area contributed by atoms with Gasteiger partial charge in [0.15, 0.2) is 0 Å². The van der Waals surface area contributed by atoms with Crippen molar-refractivity contribution in [3.63, 3.8) is 0 Å². The van der Waals surface area contributed by atoms with Crippen LogP contribution >= 0.6 is 0 Å². The molecule has 0 fully saturated rings. The van der Waals surface area contributed by atoms with Gasteiger partial charge in [0.2, 0.25) is 5.78 Å². The van der Waals surface area contributed by atoms with E-state index < -0.39 is 0 Å². The number of nitrogens with zero attached hydrogens (tertiary/aromatic N) is 5. The third-order valence-electron chi connectivity index (χ3n) is 4.25. The molecule has 0 radical (unpaired) electrons. The van der Waals surface area contributed by atoms with Gasteiger partial charge >= 0.3 is 0 Å². The molecule has 4 aromatic rings. The molecule has 0 aliphatic heterocycles. The highest BCUT2D eigenvalue weighted by Gasteiger charge is 2.10. The number of aromatic nitrogens is 5. The molecule has 0 atom stereocenters. The number of fused-ring (bicyclic) bond motifs is 1. The summed E-state index contributed by atoms with van der Waals surface area (Å²) in [5.41, 5.74) is 2.13. The van der Waals surface area contributed by atoms with Crippen molar-refractivity contribution in [1.29, 1.82) is 0 Å². The summed E-state index contributed by atoms with van der Waals surface area (Å²) < 4.78 is 8.90. The molecule has 0 N–H and O–H groups in total. The van der Waals surface area contributed by atoms with Crippen molar-refractivity contribution in [3.8, 4) is 17.1 Å². The average molecular weight is 347 g/mol. The minimum absolute atomic E-state index is 0.139. The van der Waals surface area contributed by atoms with Crippen LogP contribution in [0, 0.1) is 0 Å². The molecule has 3 aromatic heterocycles. The number of rotatable bonds is 5. The molecule has 4 rings (SSSR count). The van der Waals surface area contributed by atoms with Gasteiger partial charge in [0.25, 0.3) is 5.56 Å². The summed E-state index contributed by atoms with van der Waals surface area (Å²) in [6, 6.07) is 11.1. The number of benzene rings is 1. The fourth-order valence-electron chi connectivity index (χ4n) is 2.93. The van der Waals surface area contributed by atoms with Crippen LogP contribution in [0.5, 0.6) is 5.75 Å². The molecule has 0 spiro atoms. The maximum atomic E-state index is 12.4. The van der Waals surface area contributed by atoms with Crippen LogP contribution in [-0.4, -0.2) is 31.0 Å². The van der Waals surface area contributed by atoms with E-state index >= 15 is 0 Å². The Hall–Kier alpha value is -3.48. The second kappa shape index (κ2) is 6.79. The summed E-state index contributed by atoms with van der Waals surface area (Å²) in [6.45, 7) is 0.677. The van der Waals surface area contributed by atoms with Gasteiger partial charge in [-0.2, -0.15) is 0 Å². The second-order valence-electron chi connectivity index (χ2n) is 5.80. The predicted octanol–water partition coefficient (Wildman–Crippen LogP) is 2.20. The Balaban J connectivity index is 1.70. The largest absolute Gasteiger partial charge is 0.496 e. The minimum Gasteiger partial charge on any atom is -0.496 e. The first-order valence-electron chi connectivity index (χ1n) is 8.23. The Labute approximate surface area is 149 Å². The Bertz CT molecular complexity index is 1100. The lowest BCUT2D eigenvalue weighted by Crippen LogP contribution is -2.14. The highest BCUT2D eigenvalue weighted by atomic mass is 16.5. The monoisotopic (exact) mass is 347 g/mol. The molecule has 0 amide bonds. The second-order valence-corrected chi connectivity index (χ2v) is 5.80. The number of hydrogen-bond donors (Lipinski definition) is 0. The van der Waals surface area contributed by atoms with Gasteiger partial charge < -0.3 is 9.30 Å². The van der Waals surface area contributed by atoms with Crippen LogP contribution in [0.2, 0.25) is 0 Å². The quantitative estimate of drug-likeness (QED) is 0.553. The number of methoxy groups -OCH3 is 1. The molecule has 0 bridgehead atoms. The van der Waals surface area contributed by atoms with Crippen molar-refractivity contribution >= 4 is 5.78 Å². The van der Waals surface area contributed by atoms with Crippen LogP contribution < -0.4 is 10.3 Å². The Morgan fingerprint density at radius 3 is 2.81 bits per heavy atom. The van der Waals surface area contributed by atoms with Gasteiger partial charge in [0, 0.05) is 31.2 Å². The van der Waals surface area contributed by atoms with E-state index in [4.69, 9.17) is 4.74 Å². The van der Waals surface area contributed by atoms with Gasteiger partial charge in [-0.15, -0.1) is 0 Å². The smallest absolute Gasteiger partial charge is 0.259 e. The van der Waals surface area contributed by atoms with Crippen LogP contribution in [0.4, 0.5) is 0 Å². The van der Waals surface area contributed by atoms with E-state index in [2.05, 4.69) is 15.0 Å². The van der Waals surface area contributed by atoms with Gasteiger partial charge in [0.05, 0.1) is 18.5 Å². The first-order chi connectivity index (χ1) is 12.8. The van der Waals surface area contributed by atoms with Crippen LogP contribution in [0.15, 0.2) is 66.1 Å². The minimum atomic E-state index is -0.139. The summed E-state index contributed by atoms with van der Waals surface area (Å²) in [5.74, 6) is 1.44. The van der Waals surface area contributed by atoms with E-state index in [-0.39, 0.29) is 5.56 Å². The molecule has 0 aliphatic rings. The lowest BCUT2D eigenvalue weighted by molar-refractivity contribution is 0.408. The normalized spacial score (nSPS) is 11.0. The van der Waals surface area contributed by atoms with E-state index in [1.165, 1.54) is 16.8 Å². The Kier molecular flexibility index (Phi) is 4.18. The zero-order valence-corrected chi connectivity index (χ0v) is 14.2. The Morgan fingerprint density at radius 1 is 1.12 bits per heavy atom. The van der Waals surface area contributed by atoms with E-state index in [9.17, 15) is 4.79 Å². The zero-order valence-electron chi connectivity index (χ0n) is 14.2. The summed E-state index contributed by atoms with van der Waals surface area (Å²) in [4.78, 5) is 25.1. The molecular formula is C19H17N5O2. The third kappa shape index (κ3) is 2.95. The third-order valence-corrected chi connectivity index (χ3v) is 4.25. The van der Waals surface area contributed by atoms with Crippen molar-refractivity contribution in [2.75, 3.05) is 7.11 Å². The van der Waals surface area contributed by atoms with Crippen molar-refractivity contribution < 1.29 is 4.74 Å². The first-order valence-corrected chi connectivity index (χ1v) is 8.23.